The second-order valence-corrected chi connectivity index (χ2v) is 5.73. The number of nitrogen functional groups attached to an aromatic ring is 1. The van der Waals surface area contributed by atoms with Gasteiger partial charge in [-0.1, -0.05) is 12.1 Å². The molecule has 1 aromatic heterocycles. The van der Waals surface area contributed by atoms with E-state index >= 15 is 0 Å². The number of nitrogens with two attached hydrogens (primary N) is 1. The van der Waals surface area contributed by atoms with Gasteiger partial charge in [0.05, 0.1) is 37.1 Å². The van der Waals surface area contributed by atoms with Gasteiger partial charge in [0, 0.05) is 18.0 Å². The zero-order valence-corrected chi connectivity index (χ0v) is 20.8. The molecule has 3 rings (SSSR count). The summed E-state index contributed by atoms with van der Waals surface area (Å²) in [5, 5.41) is 23.8. The number of anilines is 1. The number of hydrogen-bond donors (Lipinski definition) is 3. The molecule has 0 unspecified atom stereocenters. The number of ether oxygens (including phenoxy) is 2. The van der Waals surface area contributed by atoms with E-state index in [4.69, 9.17) is 25.7 Å². The van der Waals surface area contributed by atoms with Crippen LogP contribution in [0.2, 0.25) is 0 Å². The molecule has 172 valence electrons. The Morgan fingerprint density at radius 1 is 1.06 bits per heavy atom. The van der Waals surface area contributed by atoms with Gasteiger partial charge in [-0.25, -0.2) is 9.59 Å². The molecule has 0 spiro atoms. The van der Waals surface area contributed by atoms with Gasteiger partial charge in [-0.15, -0.1) is 5.34 Å². The summed E-state index contributed by atoms with van der Waals surface area (Å²) in [6.45, 7) is 2.88. The molecule has 0 aliphatic heterocycles. The fraction of sp³-hybridized carbons (Fsp3) is 0.200. The maximum absolute atomic E-state index is 11.3. The first-order valence-electron chi connectivity index (χ1n) is 8.72. The summed E-state index contributed by atoms with van der Waals surface area (Å²) in [5.74, 6) is -1.52. The molecule has 13 heteroatoms. The number of rotatable bonds is 2. The third-order valence-corrected chi connectivity index (χ3v) is 3.67. The van der Waals surface area contributed by atoms with Crippen LogP contribution in [0.4, 0.5) is 5.69 Å². The minimum atomic E-state index is -0.833. The average Bonchev–Trinajstić information content (AvgIpc) is 3.24. The minimum Gasteiger partial charge on any atom is -0.481 e. The first kappa shape index (κ1) is 31.7. The van der Waals surface area contributed by atoms with E-state index in [9.17, 15) is 9.59 Å². The second-order valence-electron chi connectivity index (χ2n) is 5.73. The van der Waals surface area contributed by atoms with Crippen LogP contribution in [0.15, 0.2) is 47.9 Å². The Balaban J connectivity index is 0. The molecule has 0 saturated heterocycles. The number of methoxy groups -OCH3 is 2. The maximum atomic E-state index is 11.3. The van der Waals surface area contributed by atoms with Crippen LogP contribution in [0.5, 0.6) is 0 Å². The number of fused-ring (bicyclic) bond motifs is 1. The molecule has 0 saturated carbocycles. The van der Waals surface area contributed by atoms with Crippen molar-refractivity contribution < 1.29 is 58.5 Å². The van der Waals surface area contributed by atoms with Crippen LogP contribution in [0.1, 0.15) is 33.2 Å². The predicted molar refractivity (Wildman–Crippen MR) is 117 cm³/mol. The molecule has 0 atom stereocenters. The molecule has 0 fully saturated rings. The summed E-state index contributed by atoms with van der Waals surface area (Å²) in [7, 11) is 2.71. The van der Waals surface area contributed by atoms with E-state index in [0.29, 0.717) is 16.8 Å². The van der Waals surface area contributed by atoms with Crippen molar-refractivity contribution >= 4 is 34.5 Å². The number of aliphatic carboxylic acids is 1. The van der Waals surface area contributed by atoms with E-state index in [2.05, 4.69) is 19.7 Å². The number of nitrogens with one attached hydrogen (secondary N) is 1. The van der Waals surface area contributed by atoms with Crippen molar-refractivity contribution in [2.75, 3.05) is 20.0 Å². The number of carbonyl (C=O) groups is 3. The molecule has 0 radical (unpaired) electrons. The number of aromatic amines is 1. The molecular weight excluding hydrogens is 447 g/mol. The second kappa shape index (κ2) is 17.1. The Kier molecular flexibility index (Phi) is 16.4. The largest absolute Gasteiger partial charge is 1.00 e. The molecule has 0 aliphatic rings. The number of nitrogens with zero attached hydrogens (tertiary/aromatic N) is 2. The Morgan fingerprint density at radius 3 is 2.03 bits per heavy atom. The number of carbonyl (C=O) groups excluding carboxylic acids is 2. The topological polar surface area (TPSA) is 197 Å². The zero-order chi connectivity index (χ0) is 24.7. The van der Waals surface area contributed by atoms with Crippen LogP contribution in [-0.4, -0.2) is 47.4 Å². The molecule has 1 heterocycles. The summed E-state index contributed by atoms with van der Waals surface area (Å²) in [5.41, 5.74) is 8.88. The maximum Gasteiger partial charge on any atom is 1.00 e. The molecule has 33 heavy (non-hydrogen) atoms. The van der Waals surface area contributed by atoms with E-state index in [1.165, 1.54) is 14.2 Å². The SMILES string of the molecule is CC(=O)O.COC(=O)c1cccc(N)c1C.COC(=O)c1cccc2[nH]ncc12.O=N[O-].[Na+]. The third-order valence-electron chi connectivity index (χ3n) is 3.67. The number of esters is 2. The van der Waals surface area contributed by atoms with E-state index in [0.717, 1.165) is 28.7 Å². The molecule has 3 aromatic rings. The van der Waals surface area contributed by atoms with Gasteiger partial charge in [0.15, 0.2) is 0 Å². The third kappa shape index (κ3) is 11.1. The van der Waals surface area contributed by atoms with Gasteiger partial charge in [-0.05, 0) is 36.8 Å². The summed E-state index contributed by atoms with van der Waals surface area (Å²) in [4.78, 5) is 39.4. The molecule has 12 nitrogen and oxygen atoms in total. The van der Waals surface area contributed by atoms with E-state index < -0.39 is 5.97 Å². The number of carboxylic acid groups (broad SMARTS) is 1. The van der Waals surface area contributed by atoms with Crippen molar-refractivity contribution in [2.45, 2.75) is 13.8 Å². The molecule has 0 amide bonds. The van der Waals surface area contributed by atoms with Gasteiger partial charge in [0.1, 0.15) is 0 Å². The average molecular weight is 470 g/mol. The van der Waals surface area contributed by atoms with Crippen LogP contribution in [0.3, 0.4) is 0 Å². The van der Waals surface area contributed by atoms with Crippen LogP contribution >= 0.6 is 0 Å². The molecule has 0 bridgehead atoms. The first-order chi connectivity index (χ1) is 15.1. The smallest absolute Gasteiger partial charge is 0.481 e. The normalized spacial score (nSPS) is 8.61. The quantitative estimate of drug-likeness (QED) is 0.151. The number of hydrogen-bond acceptors (Lipinski definition) is 10. The Labute approximate surface area is 211 Å². The van der Waals surface area contributed by atoms with Crippen molar-refractivity contribution in [1.29, 1.82) is 0 Å². The predicted octanol–water partition coefficient (Wildman–Crippen LogP) is 0.0588. The number of aromatic nitrogens is 2. The van der Waals surface area contributed by atoms with Gasteiger partial charge in [-0.3, -0.25) is 9.89 Å². The molecule has 2 aromatic carbocycles. The van der Waals surface area contributed by atoms with E-state index in [-0.39, 0.29) is 41.5 Å². The van der Waals surface area contributed by atoms with Crippen molar-refractivity contribution in [3.05, 3.63) is 69.4 Å². The molecule has 4 N–H and O–H groups in total. The van der Waals surface area contributed by atoms with E-state index in [1.807, 2.05) is 6.07 Å². The molecule has 0 aliphatic carbocycles. The van der Waals surface area contributed by atoms with Crippen LogP contribution in [-0.2, 0) is 14.3 Å². The summed E-state index contributed by atoms with van der Waals surface area (Å²) < 4.78 is 9.21. The minimum absolute atomic E-state index is 0. The Morgan fingerprint density at radius 2 is 1.52 bits per heavy atom. The Hall–Kier alpha value is -3.48. The van der Waals surface area contributed by atoms with Crippen molar-refractivity contribution in [2.24, 2.45) is 5.34 Å². The van der Waals surface area contributed by atoms with Gasteiger partial charge >= 0.3 is 41.5 Å². The van der Waals surface area contributed by atoms with Crippen molar-refractivity contribution in [3.8, 4) is 0 Å². The fourth-order valence-corrected chi connectivity index (χ4v) is 2.24. The van der Waals surface area contributed by atoms with Crippen LogP contribution in [0.25, 0.3) is 10.9 Å². The van der Waals surface area contributed by atoms with E-state index in [1.54, 1.807) is 43.5 Å². The summed E-state index contributed by atoms with van der Waals surface area (Å²) >= 11 is 0. The number of carboxylic acids is 1. The summed E-state index contributed by atoms with van der Waals surface area (Å²) in [6.07, 6.45) is 1.61. The van der Waals surface area contributed by atoms with Gasteiger partial charge in [0.25, 0.3) is 5.97 Å². The summed E-state index contributed by atoms with van der Waals surface area (Å²) in [6, 6.07) is 10.5. The van der Waals surface area contributed by atoms with Gasteiger partial charge in [0.2, 0.25) is 0 Å². The molecular formula is C20H23N4NaO8. The number of benzene rings is 2. The van der Waals surface area contributed by atoms with Gasteiger partial charge in [-0.2, -0.15) is 5.10 Å². The standard InChI is InChI=1S/C9H8N2O2.C9H11NO2.C2H4O2.HNO2.Na/c1-13-9(12)6-3-2-4-8-7(6)5-10-11-8;1-6-7(9(11)12-2)4-3-5-8(6)10;1-2(3)4;2-1-3;/h2-5H,1H3,(H,10,11);3-5H,10H2,1-2H3;1H3,(H,3,4);(H,2,3);/q;;;;+1/p-1. The monoisotopic (exact) mass is 470 g/mol. The first-order valence-corrected chi connectivity index (χ1v) is 8.72. The van der Waals surface area contributed by atoms with Crippen LogP contribution in [0, 0.1) is 17.0 Å². The van der Waals surface area contributed by atoms with Gasteiger partial charge < -0.3 is 30.4 Å². The zero-order valence-electron chi connectivity index (χ0n) is 18.8. The van der Waals surface area contributed by atoms with Crippen LogP contribution < -0.4 is 35.3 Å². The Bertz CT molecular complexity index is 1050. The van der Waals surface area contributed by atoms with Crippen molar-refractivity contribution in [3.63, 3.8) is 0 Å². The fourth-order valence-electron chi connectivity index (χ4n) is 2.24. The van der Waals surface area contributed by atoms with Crippen molar-refractivity contribution in [1.82, 2.24) is 10.2 Å². The number of H-pyrrole nitrogens is 1.